The van der Waals surface area contributed by atoms with Crippen molar-refractivity contribution in [3.8, 4) is 11.8 Å². The van der Waals surface area contributed by atoms with Crippen molar-refractivity contribution in [1.82, 2.24) is 0 Å². The maximum absolute atomic E-state index is 12.3. The molecule has 0 N–H and O–H groups in total. The summed E-state index contributed by atoms with van der Waals surface area (Å²) in [6, 6.07) is 8.51. The van der Waals surface area contributed by atoms with E-state index in [4.69, 9.17) is 5.26 Å². The summed E-state index contributed by atoms with van der Waals surface area (Å²) in [5, 5.41) is 8.64. The van der Waals surface area contributed by atoms with Crippen molar-refractivity contribution < 1.29 is 17.9 Å². The van der Waals surface area contributed by atoms with Crippen LogP contribution in [0.3, 0.4) is 0 Å². The van der Waals surface area contributed by atoms with E-state index in [2.05, 4.69) is 16.9 Å². The molecule has 0 aromatic heterocycles. The number of rotatable bonds is 6. The number of nitrogens with zero attached hydrogens (tertiary/aromatic N) is 1. The Morgan fingerprint density at radius 3 is 1.97 bits per heavy atom. The number of hydrogen-bond donors (Lipinski definition) is 0. The first-order valence-corrected chi connectivity index (χ1v) is 10.8. The van der Waals surface area contributed by atoms with Gasteiger partial charge in [-0.2, -0.15) is 5.26 Å². The Hall–Kier alpha value is -1.96. The molecule has 0 atom stereocenters. The minimum Gasteiger partial charge on any atom is -0.406 e. The molecule has 2 nitrogen and oxygen atoms in total. The molecular weight excluding hydrogens is 375 g/mol. The maximum atomic E-state index is 12.3. The molecule has 5 heteroatoms. The number of benzene rings is 1. The van der Waals surface area contributed by atoms with Crippen LogP contribution in [-0.2, 0) is 0 Å². The van der Waals surface area contributed by atoms with E-state index >= 15 is 0 Å². The van der Waals surface area contributed by atoms with E-state index in [1.165, 1.54) is 63.5 Å². The van der Waals surface area contributed by atoms with Gasteiger partial charge in [-0.25, -0.2) is 0 Å². The smallest absolute Gasteiger partial charge is 0.406 e. The first kappa shape index (κ1) is 21.7. The fraction of sp³-hybridized carbons (Fsp3) is 0.625. The van der Waals surface area contributed by atoms with E-state index in [1.54, 1.807) is 18.2 Å². The zero-order valence-corrected chi connectivity index (χ0v) is 16.8. The minimum absolute atomic E-state index is 0.146. The molecule has 2 saturated carbocycles. The number of nitriles is 1. The number of alkyl halides is 3. The molecule has 0 saturated heterocycles. The molecule has 0 heterocycles. The van der Waals surface area contributed by atoms with Gasteiger partial charge in [-0.05, 0) is 92.7 Å². The molecule has 0 aliphatic heterocycles. The van der Waals surface area contributed by atoms with Gasteiger partial charge in [-0.15, -0.1) is 13.2 Å². The average Bonchev–Trinajstić information content (AvgIpc) is 2.71. The van der Waals surface area contributed by atoms with E-state index < -0.39 is 6.36 Å². The third-order valence-corrected chi connectivity index (χ3v) is 6.75. The molecule has 2 aliphatic rings. The van der Waals surface area contributed by atoms with E-state index in [0.29, 0.717) is 11.8 Å². The van der Waals surface area contributed by atoms with Gasteiger partial charge < -0.3 is 4.74 Å². The van der Waals surface area contributed by atoms with Crippen molar-refractivity contribution >= 4 is 0 Å². The van der Waals surface area contributed by atoms with Gasteiger partial charge in [0.1, 0.15) is 5.75 Å². The van der Waals surface area contributed by atoms with Gasteiger partial charge in [0.25, 0.3) is 0 Å². The second-order valence-corrected chi connectivity index (χ2v) is 8.68. The summed E-state index contributed by atoms with van der Waals surface area (Å²) in [7, 11) is 0. The van der Waals surface area contributed by atoms with Crippen molar-refractivity contribution in [1.29, 1.82) is 5.26 Å². The largest absolute Gasteiger partial charge is 0.573 e. The Morgan fingerprint density at radius 1 is 0.897 bits per heavy atom. The van der Waals surface area contributed by atoms with Crippen LogP contribution in [0, 0.1) is 29.1 Å². The predicted molar refractivity (Wildman–Crippen MR) is 107 cm³/mol. The Bertz CT molecular complexity index is 688. The summed E-state index contributed by atoms with van der Waals surface area (Å²) in [5.41, 5.74) is 1.13. The monoisotopic (exact) mass is 405 g/mol. The highest BCUT2D eigenvalue weighted by Gasteiger charge is 2.31. The highest BCUT2D eigenvalue weighted by Crippen LogP contribution is 2.40. The van der Waals surface area contributed by atoms with E-state index in [-0.39, 0.29) is 5.75 Å². The van der Waals surface area contributed by atoms with Crippen LogP contribution in [-0.4, -0.2) is 6.36 Å². The molecule has 0 unspecified atom stereocenters. The normalized spacial score (nSPS) is 28.2. The molecular formula is C24H30F3NO. The van der Waals surface area contributed by atoms with Crippen molar-refractivity contribution in [2.24, 2.45) is 17.8 Å². The summed E-state index contributed by atoms with van der Waals surface area (Å²) in [6.07, 6.45) is 11.3. The van der Waals surface area contributed by atoms with Gasteiger partial charge in [-0.3, -0.25) is 0 Å². The zero-order chi connectivity index (χ0) is 20.7. The molecule has 1 aromatic rings. The van der Waals surface area contributed by atoms with Crippen LogP contribution < -0.4 is 4.74 Å². The van der Waals surface area contributed by atoms with Crippen molar-refractivity contribution in [2.75, 3.05) is 0 Å². The number of halogens is 3. The Labute approximate surface area is 171 Å². The number of allylic oxidation sites excluding steroid dienone is 2. The van der Waals surface area contributed by atoms with Crippen molar-refractivity contribution in [2.45, 2.75) is 76.5 Å². The number of ether oxygens (including phenoxy) is 1. The maximum Gasteiger partial charge on any atom is 0.573 e. The summed E-state index contributed by atoms with van der Waals surface area (Å²) in [6.45, 7) is 0. The van der Waals surface area contributed by atoms with Crippen molar-refractivity contribution in [3.63, 3.8) is 0 Å². The van der Waals surface area contributed by atoms with E-state index in [0.717, 1.165) is 30.2 Å². The average molecular weight is 406 g/mol. The highest BCUT2D eigenvalue weighted by atomic mass is 19.4. The fourth-order valence-corrected chi connectivity index (χ4v) is 5.05. The van der Waals surface area contributed by atoms with Crippen molar-refractivity contribution in [3.05, 3.63) is 42.0 Å². The van der Waals surface area contributed by atoms with Crippen LogP contribution in [0.1, 0.15) is 75.7 Å². The molecule has 3 rings (SSSR count). The molecule has 29 heavy (non-hydrogen) atoms. The molecule has 158 valence electrons. The van der Waals surface area contributed by atoms with Crippen LogP contribution in [0.15, 0.2) is 36.4 Å². The first-order chi connectivity index (χ1) is 13.9. The summed E-state index contributed by atoms with van der Waals surface area (Å²) in [5.74, 6) is 2.52. The van der Waals surface area contributed by atoms with Crippen LogP contribution >= 0.6 is 0 Å². The zero-order valence-electron chi connectivity index (χ0n) is 16.8. The molecule has 1 aromatic carbocycles. The highest BCUT2D eigenvalue weighted by molar-refractivity contribution is 5.29. The Morgan fingerprint density at radius 2 is 1.45 bits per heavy atom. The third kappa shape index (κ3) is 7.10. The third-order valence-electron chi connectivity index (χ3n) is 6.75. The van der Waals surface area contributed by atoms with E-state index in [1.807, 2.05) is 0 Å². The molecule has 0 radical (unpaired) electrons. The van der Waals surface area contributed by atoms with Gasteiger partial charge in [0.05, 0.1) is 6.07 Å². The Kier molecular flexibility index (Phi) is 7.64. The van der Waals surface area contributed by atoms with E-state index in [9.17, 15) is 13.2 Å². The van der Waals surface area contributed by atoms with Crippen LogP contribution in [0.2, 0.25) is 0 Å². The molecule has 2 aliphatic carbocycles. The second kappa shape index (κ2) is 10.2. The Balaban J connectivity index is 1.37. The SMILES string of the molecule is N#C/C=C/C1CCC(CCC2CCC(c3ccc(OC(F)(F)F)cc3)CC2)CC1. The molecule has 0 bridgehead atoms. The van der Waals surface area contributed by atoms with Gasteiger partial charge in [0, 0.05) is 6.08 Å². The summed E-state index contributed by atoms with van der Waals surface area (Å²) < 4.78 is 40.8. The van der Waals surface area contributed by atoms with Crippen LogP contribution in [0.5, 0.6) is 5.75 Å². The topological polar surface area (TPSA) is 33.0 Å². The lowest BCUT2D eigenvalue weighted by molar-refractivity contribution is -0.274. The minimum atomic E-state index is -4.63. The van der Waals surface area contributed by atoms with Crippen LogP contribution in [0.4, 0.5) is 13.2 Å². The van der Waals surface area contributed by atoms with Crippen LogP contribution in [0.25, 0.3) is 0 Å². The lowest BCUT2D eigenvalue weighted by atomic mass is 9.74. The summed E-state index contributed by atoms with van der Waals surface area (Å²) in [4.78, 5) is 0. The van der Waals surface area contributed by atoms with Gasteiger partial charge in [0.2, 0.25) is 0 Å². The standard InChI is InChI=1S/C24H30F3NO/c25-24(26,27)29-23-15-13-22(14-16-23)21-11-9-20(10-12-21)8-7-19-5-3-18(4-6-19)2-1-17-28/h1-2,13-16,18-21H,3-12H2/b2-1+. The fourth-order valence-electron chi connectivity index (χ4n) is 5.05. The van der Waals surface area contributed by atoms with Gasteiger partial charge >= 0.3 is 6.36 Å². The number of hydrogen-bond acceptors (Lipinski definition) is 2. The molecule has 0 spiro atoms. The first-order valence-electron chi connectivity index (χ1n) is 10.8. The summed E-state index contributed by atoms with van der Waals surface area (Å²) >= 11 is 0. The van der Waals surface area contributed by atoms with Gasteiger partial charge in [0.15, 0.2) is 0 Å². The predicted octanol–water partition coefficient (Wildman–Crippen LogP) is 7.53. The lowest BCUT2D eigenvalue weighted by Crippen LogP contribution is -2.18. The lowest BCUT2D eigenvalue weighted by Gasteiger charge is -2.31. The molecule has 2 fully saturated rings. The van der Waals surface area contributed by atoms with Gasteiger partial charge in [-0.1, -0.05) is 31.1 Å². The quantitative estimate of drug-likeness (QED) is 0.458. The second-order valence-electron chi connectivity index (χ2n) is 8.68. The molecule has 0 amide bonds.